The maximum absolute atomic E-state index is 9.19. The molecule has 0 spiro atoms. The monoisotopic (exact) mass is 218 g/mol. The van der Waals surface area contributed by atoms with E-state index in [0.717, 1.165) is 19.4 Å². The first kappa shape index (κ1) is 14.8. The third-order valence-electron chi connectivity index (χ3n) is 2.25. The number of nitrogens with one attached hydrogen (secondary N) is 1. The van der Waals surface area contributed by atoms with Crippen molar-refractivity contribution in [2.45, 2.75) is 45.6 Å². The summed E-state index contributed by atoms with van der Waals surface area (Å²) in [6.45, 7) is 6.43. The van der Waals surface area contributed by atoms with E-state index in [9.17, 15) is 5.21 Å². The molecule has 3 N–H and O–H groups in total. The zero-order chi connectivity index (χ0) is 11.5. The Hall–Kier alpha value is -0.160. The number of aliphatic hydroxyl groups excluding tert-OH is 1. The van der Waals surface area contributed by atoms with Gasteiger partial charge in [0.05, 0.1) is 6.61 Å². The van der Waals surface area contributed by atoms with Crippen molar-refractivity contribution in [2.75, 3.05) is 26.2 Å². The summed E-state index contributed by atoms with van der Waals surface area (Å²) in [7, 11) is 0. The summed E-state index contributed by atoms with van der Waals surface area (Å²) < 4.78 is 0. The second-order valence-electron chi connectivity index (χ2n) is 4.20. The van der Waals surface area contributed by atoms with Gasteiger partial charge in [0.1, 0.15) is 0 Å². The van der Waals surface area contributed by atoms with Gasteiger partial charge >= 0.3 is 0 Å². The average Bonchev–Trinajstić information content (AvgIpc) is 2.16. The molecule has 0 unspecified atom stereocenters. The Balaban J connectivity index is 3.04. The van der Waals surface area contributed by atoms with Crippen LogP contribution in [0.25, 0.3) is 0 Å². The molecule has 0 aliphatic carbocycles. The van der Waals surface area contributed by atoms with E-state index in [1.54, 1.807) is 0 Å². The van der Waals surface area contributed by atoms with Crippen LogP contribution in [0, 0.1) is 0 Å². The van der Waals surface area contributed by atoms with Gasteiger partial charge in [-0.05, 0) is 19.4 Å². The molecule has 4 nitrogen and oxygen atoms in total. The first-order valence-corrected chi connectivity index (χ1v) is 5.95. The summed E-state index contributed by atoms with van der Waals surface area (Å²) in [6.07, 6.45) is 4.54. The molecule has 0 aromatic rings. The molecule has 0 rings (SSSR count). The van der Waals surface area contributed by atoms with Crippen LogP contribution in [-0.4, -0.2) is 47.7 Å². The third-order valence-corrected chi connectivity index (χ3v) is 2.25. The quantitative estimate of drug-likeness (QED) is 0.381. The predicted molar refractivity (Wildman–Crippen MR) is 62.1 cm³/mol. The van der Waals surface area contributed by atoms with Crippen LogP contribution in [0.1, 0.15) is 39.5 Å². The van der Waals surface area contributed by atoms with E-state index in [0.29, 0.717) is 19.1 Å². The van der Waals surface area contributed by atoms with Gasteiger partial charge in [0.25, 0.3) is 0 Å². The average molecular weight is 218 g/mol. The number of hydroxylamine groups is 2. The molecule has 0 aromatic carbocycles. The van der Waals surface area contributed by atoms with Crippen LogP contribution >= 0.6 is 0 Å². The van der Waals surface area contributed by atoms with Crippen molar-refractivity contribution in [3.8, 4) is 0 Å². The molecule has 0 saturated carbocycles. The SMILES string of the molecule is CC(C)NCCCCCCN(O)CCO. The first-order chi connectivity index (χ1) is 7.16. The summed E-state index contributed by atoms with van der Waals surface area (Å²) in [4.78, 5) is 0. The Morgan fingerprint density at radius 1 is 1.07 bits per heavy atom. The number of unbranched alkanes of at least 4 members (excludes halogenated alkanes) is 3. The molecule has 92 valence electrons. The second kappa shape index (κ2) is 10.4. The van der Waals surface area contributed by atoms with Crippen molar-refractivity contribution in [2.24, 2.45) is 0 Å². The fourth-order valence-electron chi connectivity index (χ4n) is 1.39. The standard InChI is InChI=1S/C11H26N2O2/c1-11(2)12-7-5-3-4-6-8-13(15)9-10-14/h11-12,14-15H,3-10H2,1-2H3. The van der Waals surface area contributed by atoms with Gasteiger partial charge in [-0.25, -0.2) is 0 Å². The van der Waals surface area contributed by atoms with E-state index in [4.69, 9.17) is 5.11 Å². The molecule has 0 aliphatic heterocycles. The summed E-state index contributed by atoms with van der Waals surface area (Å²) in [5.41, 5.74) is 0. The highest BCUT2D eigenvalue weighted by molar-refractivity contribution is 4.53. The minimum Gasteiger partial charge on any atom is -0.395 e. The van der Waals surface area contributed by atoms with Crippen LogP contribution in [0.4, 0.5) is 0 Å². The Labute approximate surface area is 93.2 Å². The Morgan fingerprint density at radius 3 is 2.33 bits per heavy atom. The minimum absolute atomic E-state index is 0.0226. The van der Waals surface area contributed by atoms with Crippen molar-refractivity contribution in [1.82, 2.24) is 10.4 Å². The zero-order valence-electron chi connectivity index (χ0n) is 10.1. The summed E-state index contributed by atoms with van der Waals surface area (Å²) in [5, 5.41) is 22.3. The molecule has 0 amide bonds. The lowest BCUT2D eigenvalue weighted by Gasteiger charge is -2.12. The van der Waals surface area contributed by atoms with Crippen LogP contribution in [0.15, 0.2) is 0 Å². The van der Waals surface area contributed by atoms with E-state index in [1.165, 1.54) is 17.9 Å². The van der Waals surface area contributed by atoms with Gasteiger partial charge in [-0.3, -0.25) is 0 Å². The molecular formula is C11H26N2O2. The molecule has 0 atom stereocenters. The van der Waals surface area contributed by atoms with Crippen molar-refractivity contribution >= 4 is 0 Å². The highest BCUT2D eigenvalue weighted by Gasteiger charge is 1.98. The van der Waals surface area contributed by atoms with Crippen LogP contribution in [0.5, 0.6) is 0 Å². The number of nitrogens with zero attached hydrogens (tertiary/aromatic N) is 1. The van der Waals surface area contributed by atoms with Crippen molar-refractivity contribution in [3.05, 3.63) is 0 Å². The molecule has 0 fully saturated rings. The smallest absolute Gasteiger partial charge is 0.0581 e. The van der Waals surface area contributed by atoms with Crippen LogP contribution < -0.4 is 5.32 Å². The molecule has 15 heavy (non-hydrogen) atoms. The largest absolute Gasteiger partial charge is 0.395 e. The normalized spacial score (nSPS) is 11.6. The maximum atomic E-state index is 9.19. The lowest BCUT2D eigenvalue weighted by Crippen LogP contribution is -2.24. The third kappa shape index (κ3) is 11.8. The van der Waals surface area contributed by atoms with Gasteiger partial charge < -0.3 is 15.6 Å². The number of hydrogen-bond acceptors (Lipinski definition) is 4. The molecular weight excluding hydrogens is 192 g/mol. The molecule has 0 aromatic heterocycles. The molecule has 0 bridgehead atoms. The Bertz CT molecular complexity index is 132. The summed E-state index contributed by atoms with van der Waals surface area (Å²) in [5.74, 6) is 0. The highest BCUT2D eigenvalue weighted by Crippen LogP contribution is 2.00. The van der Waals surface area contributed by atoms with E-state index < -0.39 is 0 Å². The van der Waals surface area contributed by atoms with Gasteiger partial charge in [-0.2, -0.15) is 5.06 Å². The molecule has 4 heteroatoms. The van der Waals surface area contributed by atoms with Gasteiger partial charge in [0.2, 0.25) is 0 Å². The molecule has 0 saturated heterocycles. The highest BCUT2D eigenvalue weighted by atomic mass is 16.5. The van der Waals surface area contributed by atoms with Gasteiger partial charge in [0.15, 0.2) is 0 Å². The van der Waals surface area contributed by atoms with E-state index >= 15 is 0 Å². The fourth-order valence-corrected chi connectivity index (χ4v) is 1.39. The number of hydrogen-bond donors (Lipinski definition) is 3. The van der Waals surface area contributed by atoms with Crippen LogP contribution in [0.3, 0.4) is 0 Å². The molecule has 0 heterocycles. The van der Waals surface area contributed by atoms with E-state index in [2.05, 4.69) is 19.2 Å². The Morgan fingerprint density at radius 2 is 1.73 bits per heavy atom. The van der Waals surface area contributed by atoms with E-state index in [1.807, 2.05) is 0 Å². The first-order valence-electron chi connectivity index (χ1n) is 5.95. The van der Waals surface area contributed by atoms with Crippen molar-refractivity contribution in [1.29, 1.82) is 0 Å². The van der Waals surface area contributed by atoms with Gasteiger partial charge in [-0.1, -0.05) is 26.7 Å². The fraction of sp³-hybridized carbons (Fsp3) is 1.00. The van der Waals surface area contributed by atoms with Gasteiger partial charge in [0, 0.05) is 19.1 Å². The lowest BCUT2D eigenvalue weighted by molar-refractivity contribution is -0.0991. The Kier molecular flexibility index (Phi) is 10.3. The van der Waals surface area contributed by atoms with Crippen molar-refractivity contribution < 1.29 is 10.3 Å². The summed E-state index contributed by atoms with van der Waals surface area (Å²) >= 11 is 0. The predicted octanol–water partition coefficient (Wildman–Crippen LogP) is 1.23. The maximum Gasteiger partial charge on any atom is 0.0581 e. The molecule has 0 aliphatic rings. The number of aliphatic hydroxyl groups is 1. The summed E-state index contributed by atoms with van der Waals surface area (Å²) in [6, 6.07) is 0.572. The zero-order valence-corrected chi connectivity index (χ0v) is 10.1. The second-order valence-corrected chi connectivity index (χ2v) is 4.20. The van der Waals surface area contributed by atoms with Crippen molar-refractivity contribution in [3.63, 3.8) is 0 Å². The topological polar surface area (TPSA) is 55.7 Å². The van der Waals surface area contributed by atoms with Gasteiger partial charge in [-0.15, -0.1) is 0 Å². The van der Waals surface area contributed by atoms with Crippen LogP contribution in [-0.2, 0) is 0 Å². The number of rotatable bonds is 10. The van der Waals surface area contributed by atoms with E-state index in [-0.39, 0.29) is 6.61 Å². The molecule has 0 radical (unpaired) electrons. The lowest BCUT2D eigenvalue weighted by atomic mass is 10.2. The minimum atomic E-state index is 0.0226. The van der Waals surface area contributed by atoms with Crippen LogP contribution in [0.2, 0.25) is 0 Å².